The van der Waals surface area contributed by atoms with Crippen molar-refractivity contribution in [3.05, 3.63) is 59.1 Å². The highest BCUT2D eigenvalue weighted by Crippen LogP contribution is 2.34. The van der Waals surface area contributed by atoms with Gasteiger partial charge in [0.15, 0.2) is 11.5 Å². The number of fused-ring (bicyclic) bond motifs is 2. The van der Waals surface area contributed by atoms with Crippen LogP contribution in [0.25, 0.3) is 49.6 Å². The van der Waals surface area contributed by atoms with Gasteiger partial charge >= 0.3 is 0 Å². The highest BCUT2D eigenvalue weighted by molar-refractivity contribution is 7.15. The molecule has 6 rings (SSSR count). The lowest BCUT2D eigenvalue weighted by Crippen LogP contribution is -2.20. The summed E-state index contributed by atoms with van der Waals surface area (Å²) in [5, 5.41) is 11.0. The van der Waals surface area contributed by atoms with Gasteiger partial charge in [-0.2, -0.15) is 5.10 Å². The van der Waals surface area contributed by atoms with Crippen molar-refractivity contribution in [3.8, 4) is 22.0 Å². The van der Waals surface area contributed by atoms with Crippen molar-refractivity contribution in [2.45, 2.75) is 13.3 Å². The number of rotatable bonds is 3. The van der Waals surface area contributed by atoms with Gasteiger partial charge in [-0.1, -0.05) is 18.2 Å². The minimum absolute atomic E-state index is 0.737. The number of para-hydroxylation sites is 1. The molecule has 5 aromatic rings. The van der Waals surface area contributed by atoms with Gasteiger partial charge in [0.2, 0.25) is 0 Å². The van der Waals surface area contributed by atoms with Crippen LogP contribution in [0.15, 0.2) is 48.5 Å². The fourth-order valence-corrected chi connectivity index (χ4v) is 4.91. The van der Waals surface area contributed by atoms with Crippen LogP contribution in [0.2, 0.25) is 0 Å². The second-order valence-corrected chi connectivity index (χ2v) is 8.83. The molecule has 0 amide bonds. The van der Waals surface area contributed by atoms with Crippen LogP contribution in [0.4, 0.5) is 0 Å². The summed E-state index contributed by atoms with van der Waals surface area (Å²) in [5.74, 6) is 0.737. The number of hydrogen-bond donors (Lipinski definition) is 3. The van der Waals surface area contributed by atoms with Gasteiger partial charge in [0.1, 0.15) is 5.52 Å². The number of aromatic amines is 2. The monoisotopic (exact) mass is 412 g/mol. The Labute approximate surface area is 177 Å². The number of hydrogen-bond acceptors (Lipinski definition) is 5. The van der Waals surface area contributed by atoms with E-state index in [9.17, 15) is 0 Å². The van der Waals surface area contributed by atoms with Crippen molar-refractivity contribution in [3.63, 3.8) is 0 Å². The quantitative estimate of drug-likeness (QED) is 0.393. The first-order valence-corrected chi connectivity index (χ1v) is 10.9. The Morgan fingerprint density at radius 1 is 0.967 bits per heavy atom. The zero-order chi connectivity index (χ0) is 20.1. The van der Waals surface area contributed by atoms with E-state index in [1.165, 1.54) is 15.3 Å². The van der Waals surface area contributed by atoms with Gasteiger partial charge in [-0.15, -0.1) is 11.3 Å². The standard InChI is InChI=1S/C23H20N6S/c1-13-5-8-19(30-13)15-3-2-4-17-20(15)27-23(26-17)22-21-18(28-29-22)7-6-16(25-21)14-9-11-24-12-10-14/h2-9,24H,10-12H2,1H3,(H,26,27)(H,28,29). The maximum atomic E-state index is 4.94. The smallest absolute Gasteiger partial charge is 0.161 e. The number of aromatic nitrogens is 5. The summed E-state index contributed by atoms with van der Waals surface area (Å²) in [5.41, 5.74) is 7.91. The Morgan fingerprint density at radius 3 is 2.77 bits per heavy atom. The van der Waals surface area contributed by atoms with E-state index in [1.807, 2.05) is 0 Å². The fraction of sp³-hybridized carbons (Fsp3) is 0.174. The zero-order valence-corrected chi connectivity index (χ0v) is 17.3. The first-order chi connectivity index (χ1) is 14.8. The van der Waals surface area contributed by atoms with E-state index < -0.39 is 0 Å². The summed E-state index contributed by atoms with van der Waals surface area (Å²) >= 11 is 1.78. The van der Waals surface area contributed by atoms with Crippen molar-refractivity contribution >= 4 is 39.0 Å². The topological polar surface area (TPSA) is 82.3 Å². The number of nitrogens with zero attached hydrogens (tertiary/aromatic N) is 3. The predicted octanol–water partition coefficient (Wildman–Crippen LogP) is 4.91. The van der Waals surface area contributed by atoms with Crippen LogP contribution in [0, 0.1) is 6.92 Å². The van der Waals surface area contributed by atoms with Gasteiger partial charge in [0.05, 0.1) is 22.2 Å². The molecule has 0 aliphatic carbocycles. The first-order valence-electron chi connectivity index (χ1n) is 10.1. The van der Waals surface area contributed by atoms with Crippen LogP contribution in [0.1, 0.15) is 17.0 Å². The zero-order valence-electron chi connectivity index (χ0n) is 16.5. The highest BCUT2D eigenvalue weighted by atomic mass is 32.1. The lowest BCUT2D eigenvalue weighted by atomic mass is 10.1. The summed E-state index contributed by atoms with van der Waals surface area (Å²) < 4.78 is 0. The number of pyridine rings is 1. The van der Waals surface area contributed by atoms with Crippen LogP contribution < -0.4 is 5.32 Å². The lowest BCUT2D eigenvalue weighted by molar-refractivity contribution is 0.737. The molecule has 0 spiro atoms. The van der Waals surface area contributed by atoms with E-state index in [4.69, 9.17) is 9.97 Å². The second kappa shape index (κ2) is 6.90. The molecule has 0 radical (unpaired) electrons. The van der Waals surface area contributed by atoms with Crippen molar-refractivity contribution in [2.75, 3.05) is 13.1 Å². The van der Waals surface area contributed by atoms with Crippen molar-refractivity contribution in [1.82, 2.24) is 30.5 Å². The van der Waals surface area contributed by atoms with Crippen LogP contribution >= 0.6 is 11.3 Å². The van der Waals surface area contributed by atoms with E-state index in [0.29, 0.717) is 0 Å². The fourth-order valence-electron chi connectivity index (χ4n) is 4.02. The molecule has 0 saturated heterocycles. The molecule has 5 heterocycles. The van der Waals surface area contributed by atoms with Crippen molar-refractivity contribution < 1.29 is 0 Å². The Balaban J connectivity index is 1.49. The molecule has 3 N–H and O–H groups in total. The molecular weight excluding hydrogens is 392 g/mol. The minimum Gasteiger partial charge on any atom is -0.336 e. The summed E-state index contributed by atoms with van der Waals surface area (Å²) in [7, 11) is 0. The molecule has 0 unspecified atom stereocenters. The Kier molecular flexibility index (Phi) is 4.04. The van der Waals surface area contributed by atoms with Gasteiger partial charge in [-0.3, -0.25) is 5.10 Å². The SMILES string of the molecule is Cc1ccc(-c2cccc3[nH]c(-c4n[nH]c5ccc(C6=CCNCC6)nc45)nc23)s1. The minimum atomic E-state index is 0.737. The summed E-state index contributed by atoms with van der Waals surface area (Å²) in [6, 6.07) is 14.7. The predicted molar refractivity (Wildman–Crippen MR) is 122 cm³/mol. The summed E-state index contributed by atoms with van der Waals surface area (Å²) in [6.07, 6.45) is 3.20. The summed E-state index contributed by atoms with van der Waals surface area (Å²) in [6.45, 7) is 4.00. The summed E-state index contributed by atoms with van der Waals surface area (Å²) in [4.78, 5) is 15.8. The van der Waals surface area contributed by atoms with Gasteiger partial charge in [-0.05, 0) is 55.8 Å². The van der Waals surface area contributed by atoms with Crippen LogP contribution in [0.3, 0.4) is 0 Å². The number of nitrogens with one attached hydrogen (secondary N) is 3. The molecule has 1 aliphatic heterocycles. The van der Waals surface area contributed by atoms with E-state index in [2.05, 4.69) is 76.0 Å². The third kappa shape index (κ3) is 2.86. The number of thiophene rings is 1. The van der Waals surface area contributed by atoms with Gasteiger partial charge in [0, 0.05) is 21.9 Å². The molecule has 0 saturated carbocycles. The number of H-pyrrole nitrogens is 2. The average molecular weight is 413 g/mol. The Hall–Kier alpha value is -3.29. The van der Waals surface area contributed by atoms with Crippen LogP contribution in [-0.2, 0) is 0 Å². The molecule has 6 nitrogen and oxygen atoms in total. The van der Waals surface area contributed by atoms with E-state index in [-0.39, 0.29) is 0 Å². The molecule has 1 aromatic carbocycles. The largest absolute Gasteiger partial charge is 0.336 e. The van der Waals surface area contributed by atoms with Crippen molar-refractivity contribution in [1.29, 1.82) is 0 Å². The molecule has 4 aromatic heterocycles. The number of imidazole rings is 1. The maximum absolute atomic E-state index is 4.94. The Morgan fingerprint density at radius 2 is 1.93 bits per heavy atom. The molecule has 148 valence electrons. The second-order valence-electron chi connectivity index (χ2n) is 7.55. The van der Waals surface area contributed by atoms with E-state index in [0.717, 1.165) is 64.4 Å². The third-order valence-electron chi connectivity index (χ3n) is 5.54. The highest BCUT2D eigenvalue weighted by Gasteiger charge is 2.17. The first kappa shape index (κ1) is 17.6. The van der Waals surface area contributed by atoms with Gasteiger partial charge < -0.3 is 10.3 Å². The lowest BCUT2D eigenvalue weighted by Gasteiger charge is -2.13. The number of benzene rings is 1. The van der Waals surface area contributed by atoms with E-state index in [1.54, 1.807) is 11.3 Å². The van der Waals surface area contributed by atoms with E-state index >= 15 is 0 Å². The molecule has 0 atom stereocenters. The molecule has 0 fully saturated rings. The number of aryl methyl sites for hydroxylation is 1. The normalized spacial score (nSPS) is 14.5. The molecular formula is C23H20N6S. The molecule has 7 heteroatoms. The third-order valence-corrected chi connectivity index (χ3v) is 6.58. The average Bonchev–Trinajstić information content (AvgIpc) is 3.51. The molecule has 30 heavy (non-hydrogen) atoms. The maximum Gasteiger partial charge on any atom is 0.161 e. The van der Waals surface area contributed by atoms with Crippen LogP contribution in [0.5, 0.6) is 0 Å². The Bertz CT molecular complexity index is 1420. The molecule has 1 aliphatic rings. The van der Waals surface area contributed by atoms with Crippen molar-refractivity contribution in [2.24, 2.45) is 0 Å². The van der Waals surface area contributed by atoms with Crippen LogP contribution in [-0.4, -0.2) is 38.2 Å². The van der Waals surface area contributed by atoms with Gasteiger partial charge in [-0.25, -0.2) is 9.97 Å². The molecule has 0 bridgehead atoms. The van der Waals surface area contributed by atoms with Gasteiger partial charge in [0.25, 0.3) is 0 Å².